The van der Waals surface area contributed by atoms with Crippen LogP contribution in [0.15, 0.2) is 72.8 Å². The van der Waals surface area contributed by atoms with Crippen molar-refractivity contribution in [1.82, 2.24) is 10.2 Å². The van der Waals surface area contributed by atoms with E-state index in [-0.39, 0.29) is 0 Å². The van der Waals surface area contributed by atoms with E-state index in [1.807, 2.05) is 18.2 Å². The fraction of sp³-hybridized carbons (Fsp3) is 0.0870. The highest BCUT2D eigenvalue weighted by Gasteiger charge is 2.08. The first-order valence-corrected chi connectivity index (χ1v) is 8.72. The van der Waals surface area contributed by atoms with Crippen molar-refractivity contribution in [3.8, 4) is 0 Å². The fourth-order valence-corrected chi connectivity index (χ4v) is 3.09. The van der Waals surface area contributed by atoms with Gasteiger partial charge in [-0.1, -0.05) is 48.5 Å². The zero-order valence-corrected chi connectivity index (χ0v) is 15.0. The van der Waals surface area contributed by atoms with Gasteiger partial charge in [0, 0.05) is 23.8 Å². The Labute approximate surface area is 153 Å². The summed E-state index contributed by atoms with van der Waals surface area (Å²) in [4.78, 5) is 2.19. The van der Waals surface area contributed by atoms with Crippen LogP contribution < -0.4 is 4.90 Å². The number of anilines is 2. The SMILES string of the molecule is Cc1cccc(N(C)c2ccc3c(/C=C/c4ccccc4)n[nH]c3c2)c1. The molecule has 1 N–H and O–H groups in total. The molecule has 128 valence electrons. The molecule has 0 aliphatic carbocycles. The van der Waals surface area contributed by atoms with Crippen molar-refractivity contribution in [3.05, 3.63) is 89.6 Å². The molecule has 0 aliphatic heterocycles. The lowest BCUT2D eigenvalue weighted by Crippen LogP contribution is -2.09. The monoisotopic (exact) mass is 339 g/mol. The first-order chi connectivity index (χ1) is 12.7. The predicted octanol–water partition coefficient (Wildman–Crippen LogP) is 5.81. The molecule has 26 heavy (non-hydrogen) atoms. The molecule has 0 atom stereocenters. The number of rotatable bonds is 4. The Morgan fingerprint density at radius 3 is 2.46 bits per heavy atom. The highest BCUT2D eigenvalue weighted by molar-refractivity contribution is 5.91. The van der Waals surface area contributed by atoms with Gasteiger partial charge in [-0.2, -0.15) is 5.10 Å². The summed E-state index contributed by atoms with van der Waals surface area (Å²) in [6, 6.07) is 25.2. The minimum Gasteiger partial charge on any atom is -0.345 e. The van der Waals surface area contributed by atoms with Crippen LogP contribution in [0.1, 0.15) is 16.8 Å². The van der Waals surface area contributed by atoms with E-state index < -0.39 is 0 Å². The number of nitrogens with one attached hydrogen (secondary N) is 1. The molecule has 1 aromatic heterocycles. The van der Waals surface area contributed by atoms with Crippen LogP contribution in [0.2, 0.25) is 0 Å². The number of aryl methyl sites for hydroxylation is 1. The van der Waals surface area contributed by atoms with Crippen LogP contribution in [0, 0.1) is 6.92 Å². The van der Waals surface area contributed by atoms with Crippen LogP contribution in [0.5, 0.6) is 0 Å². The van der Waals surface area contributed by atoms with Gasteiger partial charge in [-0.3, -0.25) is 5.10 Å². The molecule has 0 spiro atoms. The number of fused-ring (bicyclic) bond motifs is 1. The molecular formula is C23H21N3. The first kappa shape index (κ1) is 16.2. The van der Waals surface area contributed by atoms with E-state index in [2.05, 4.69) is 95.8 Å². The number of benzene rings is 3. The van der Waals surface area contributed by atoms with Crippen LogP contribution in [0.4, 0.5) is 11.4 Å². The van der Waals surface area contributed by atoms with Crippen LogP contribution in [-0.4, -0.2) is 17.2 Å². The van der Waals surface area contributed by atoms with Gasteiger partial charge in [-0.15, -0.1) is 0 Å². The largest absolute Gasteiger partial charge is 0.345 e. The summed E-state index contributed by atoms with van der Waals surface area (Å²) in [6.07, 6.45) is 4.14. The minimum atomic E-state index is 0.952. The molecule has 0 radical (unpaired) electrons. The number of hydrogen-bond donors (Lipinski definition) is 1. The average Bonchev–Trinajstić information content (AvgIpc) is 3.09. The fourth-order valence-electron chi connectivity index (χ4n) is 3.09. The number of H-pyrrole nitrogens is 1. The summed E-state index contributed by atoms with van der Waals surface area (Å²) >= 11 is 0. The third-order valence-electron chi connectivity index (χ3n) is 4.59. The molecule has 0 amide bonds. The van der Waals surface area contributed by atoms with Crippen molar-refractivity contribution in [1.29, 1.82) is 0 Å². The molecular weight excluding hydrogens is 318 g/mol. The second-order valence-electron chi connectivity index (χ2n) is 6.48. The molecule has 4 aromatic rings. The lowest BCUT2D eigenvalue weighted by molar-refractivity contribution is 1.10. The summed E-state index contributed by atoms with van der Waals surface area (Å²) < 4.78 is 0. The topological polar surface area (TPSA) is 31.9 Å². The molecule has 3 heteroatoms. The molecule has 0 bridgehead atoms. The van der Waals surface area contributed by atoms with E-state index in [0.717, 1.165) is 22.3 Å². The third-order valence-corrected chi connectivity index (χ3v) is 4.59. The van der Waals surface area contributed by atoms with E-state index in [1.165, 1.54) is 16.8 Å². The second-order valence-corrected chi connectivity index (χ2v) is 6.48. The predicted molar refractivity (Wildman–Crippen MR) is 111 cm³/mol. The zero-order valence-electron chi connectivity index (χ0n) is 15.0. The Kier molecular flexibility index (Phi) is 4.28. The van der Waals surface area contributed by atoms with Gasteiger partial charge in [0.1, 0.15) is 0 Å². The van der Waals surface area contributed by atoms with Crippen molar-refractivity contribution in [2.24, 2.45) is 0 Å². The first-order valence-electron chi connectivity index (χ1n) is 8.72. The molecule has 0 saturated heterocycles. The van der Waals surface area contributed by atoms with Crippen LogP contribution >= 0.6 is 0 Å². The van der Waals surface area contributed by atoms with Crippen LogP contribution in [0.3, 0.4) is 0 Å². The normalized spacial score (nSPS) is 11.3. The number of nitrogens with zero attached hydrogens (tertiary/aromatic N) is 2. The maximum atomic E-state index is 4.47. The quantitative estimate of drug-likeness (QED) is 0.509. The molecule has 0 aliphatic rings. The standard InChI is InChI=1S/C23H21N3/c1-17-7-6-10-19(15-17)26(2)20-12-13-21-22(24-25-23(21)16-20)14-11-18-8-4-3-5-9-18/h3-16H,1-2H3,(H,24,25)/b14-11+. The summed E-state index contributed by atoms with van der Waals surface area (Å²) in [5, 5.41) is 8.75. The van der Waals surface area contributed by atoms with Gasteiger partial charge in [0.2, 0.25) is 0 Å². The molecule has 1 heterocycles. The van der Waals surface area contributed by atoms with Gasteiger partial charge >= 0.3 is 0 Å². The van der Waals surface area contributed by atoms with E-state index in [4.69, 9.17) is 0 Å². The van der Waals surface area contributed by atoms with Gasteiger partial charge in [-0.25, -0.2) is 0 Å². The van der Waals surface area contributed by atoms with E-state index in [9.17, 15) is 0 Å². The number of aromatic nitrogens is 2. The molecule has 4 rings (SSSR count). The van der Waals surface area contributed by atoms with Crippen LogP contribution in [0.25, 0.3) is 23.1 Å². The molecule has 0 saturated carbocycles. The van der Waals surface area contributed by atoms with Crippen molar-refractivity contribution >= 4 is 34.4 Å². The highest BCUT2D eigenvalue weighted by atomic mass is 15.1. The minimum absolute atomic E-state index is 0.952. The average molecular weight is 339 g/mol. The Hall–Kier alpha value is -3.33. The summed E-state index contributed by atoms with van der Waals surface area (Å²) in [6.45, 7) is 2.11. The van der Waals surface area contributed by atoms with E-state index in [1.54, 1.807) is 0 Å². The highest BCUT2D eigenvalue weighted by Crippen LogP contribution is 2.28. The van der Waals surface area contributed by atoms with Gasteiger partial charge in [0.05, 0.1) is 11.2 Å². The Balaban J connectivity index is 1.64. The van der Waals surface area contributed by atoms with Gasteiger partial charge in [0.25, 0.3) is 0 Å². The summed E-state index contributed by atoms with van der Waals surface area (Å²) in [5.74, 6) is 0. The van der Waals surface area contributed by atoms with E-state index in [0.29, 0.717) is 0 Å². The molecule has 0 unspecified atom stereocenters. The van der Waals surface area contributed by atoms with Gasteiger partial charge < -0.3 is 4.90 Å². The number of aromatic amines is 1. The maximum absolute atomic E-state index is 4.47. The lowest BCUT2D eigenvalue weighted by atomic mass is 10.1. The van der Waals surface area contributed by atoms with Crippen molar-refractivity contribution < 1.29 is 0 Å². The van der Waals surface area contributed by atoms with E-state index >= 15 is 0 Å². The Bertz CT molecular complexity index is 1060. The van der Waals surface area contributed by atoms with Crippen molar-refractivity contribution in [2.45, 2.75) is 6.92 Å². The second kappa shape index (κ2) is 6.89. The number of hydrogen-bond acceptors (Lipinski definition) is 2. The van der Waals surface area contributed by atoms with Gasteiger partial charge in [-0.05, 0) is 54.5 Å². The smallest absolute Gasteiger partial charge is 0.0927 e. The van der Waals surface area contributed by atoms with Crippen molar-refractivity contribution in [2.75, 3.05) is 11.9 Å². The maximum Gasteiger partial charge on any atom is 0.0927 e. The van der Waals surface area contributed by atoms with Crippen LogP contribution in [-0.2, 0) is 0 Å². The van der Waals surface area contributed by atoms with Gasteiger partial charge in [0.15, 0.2) is 0 Å². The molecule has 0 fully saturated rings. The molecule has 3 aromatic carbocycles. The Morgan fingerprint density at radius 1 is 0.846 bits per heavy atom. The Morgan fingerprint density at radius 2 is 1.65 bits per heavy atom. The summed E-state index contributed by atoms with van der Waals surface area (Å²) in [7, 11) is 2.09. The lowest BCUT2D eigenvalue weighted by Gasteiger charge is -2.20. The molecule has 3 nitrogen and oxygen atoms in total. The zero-order chi connectivity index (χ0) is 17.9. The summed E-state index contributed by atoms with van der Waals surface area (Å²) in [5.41, 5.74) is 6.71. The third kappa shape index (κ3) is 3.24. The van der Waals surface area contributed by atoms with Crippen molar-refractivity contribution in [3.63, 3.8) is 0 Å².